The molecule has 6 heteroatoms. The zero-order valence-electron chi connectivity index (χ0n) is 10.6. The van der Waals surface area contributed by atoms with Gasteiger partial charge in [-0.15, -0.1) is 0 Å². The minimum absolute atomic E-state index is 0.0445. The fourth-order valence-electron chi connectivity index (χ4n) is 1.58. The number of likely N-dealkylation sites (N-methyl/N-ethyl adjacent to an activating group) is 1. The van der Waals surface area contributed by atoms with E-state index in [4.69, 9.17) is 16.7 Å². The van der Waals surface area contributed by atoms with Crippen molar-refractivity contribution < 1.29 is 15.0 Å². The van der Waals surface area contributed by atoms with E-state index in [1.54, 1.807) is 18.7 Å². The van der Waals surface area contributed by atoms with E-state index in [0.29, 0.717) is 18.9 Å². The molecule has 100 valence electrons. The van der Waals surface area contributed by atoms with Gasteiger partial charge in [0.25, 0.3) is 0 Å². The quantitative estimate of drug-likeness (QED) is 0.858. The van der Waals surface area contributed by atoms with Gasteiger partial charge >= 0.3 is 5.97 Å². The Morgan fingerprint density at radius 3 is 2.56 bits per heavy atom. The average molecular weight is 273 g/mol. The maximum absolute atomic E-state index is 10.8. The van der Waals surface area contributed by atoms with Crippen LogP contribution in [0, 0.1) is 0 Å². The third-order valence-corrected chi connectivity index (χ3v) is 2.61. The fourth-order valence-corrected chi connectivity index (χ4v) is 1.87. The molecular weight excluding hydrogens is 256 g/mol. The Balaban J connectivity index is 3.04. The Labute approximate surface area is 111 Å². The molecule has 0 radical (unpaired) electrons. The number of aliphatic hydroxyl groups is 1. The number of pyridine rings is 1. The highest BCUT2D eigenvalue weighted by atomic mass is 35.5. The van der Waals surface area contributed by atoms with Crippen LogP contribution in [0.2, 0.25) is 5.02 Å². The second kappa shape index (κ2) is 5.54. The number of aromatic nitrogens is 1. The number of carbonyl (C=O) groups is 1. The van der Waals surface area contributed by atoms with E-state index in [9.17, 15) is 9.90 Å². The first kappa shape index (κ1) is 14.7. The molecule has 1 rings (SSSR count). The zero-order valence-corrected chi connectivity index (χ0v) is 11.4. The summed E-state index contributed by atoms with van der Waals surface area (Å²) < 4.78 is 0. The summed E-state index contributed by atoms with van der Waals surface area (Å²) in [7, 11) is 0. The van der Waals surface area contributed by atoms with Crippen molar-refractivity contribution in [1.82, 2.24) is 4.98 Å². The Morgan fingerprint density at radius 1 is 1.56 bits per heavy atom. The van der Waals surface area contributed by atoms with Gasteiger partial charge in [0.2, 0.25) is 0 Å². The maximum atomic E-state index is 10.8. The van der Waals surface area contributed by atoms with E-state index < -0.39 is 11.6 Å². The molecule has 0 saturated heterocycles. The Bertz CT molecular complexity index is 443. The lowest BCUT2D eigenvalue weighted by Crippen LogP contribution is -2.39. The lowest BCUT2D eigenvalue weighted by Gasteiger charge is -2.29. The van der Waals surface area contributed by atoms with Gasteiger partial charge < -0.3 is 15.1 Å². The van der Waals surface area contributed by atoms with Crippen LogP contribution in [0.25, 0.3) is 0 Å². The van der Waals surface area contributed by atoms with Gasteiger partial charge in [-0.1, -0.05) is 11.6 Å². The van der Waals surface area contributed by atoms with Crippen molar-refractivity contribution in [1.29, 1.82) is 0 Å². The van der Waals surface area contributed by atoms with Gasteiger partial charge in [-0.2, -0.15) is 0 Å². The topological polar surface area (TPSA) is 73.7 Å². The predicted molar refractivity (Wildman–Crippen MR) is 70.4 cm³/mol. The smallest absolute Gasteiger partial charge is 0.337 e. The second-order valence-electron chi connectivity index (χ2n) is 4.66. The molecule has 0 amide bonds. The fraction of sp³-hybridized carbons (Fsp3) is 0.500. The zero-order chi connectivity index (χ0) is 13.9. The highest BCUT2D eigenvalue weighted by Crippen LogP contribution is 2.25. The van der Waals surface area contributed by atoms with E-state index in [-0.39, 0.29) is 10.6 Å². The molecule has 2 N–H and O–H groups in total. The molecule has 0 aliphatic heterocycles. The summed E-state index contributed by atoms with van der Waals surface area (Å²) in [5.74, 6) is -0.590. The molecule has 0 fully saturated rings. The number of anilines is 1. The average Bonchev–Trinajstić information content (AvgIpc) is 2.24. The Kier molecular flexibility index (Phi) is 4.53. The number of halogens is 1. The van der Waals surface area contributed by atoms with Crippen LogP contribution < -0.4 is 4.90 Å². The van der Waals surface area contributed by atoms with E-state index >= 15 is 0 Å². The van der Waals surface area contributed by atoms with Crippen molar-refractivity contribution >= 4 is 23.4 Å². The Hall–Kier alpha value is -1.33. The number of carboxylic acids is 1. The van der Waals surface area contributed by atoms with Gasteiger partial charge in [0, 0.05) is 19.3 Å². The number of hydrogen-bond donors (Lipinski definition) is 2. The Morgan fingerprint density at radius 2 is 2.17 bits per heavy atom. The molecule has 0 saturated carbocycles. The number of hydrogen-bond acceptors (Lipinski definition) is 4. The monoisotopic (exact) mass is 272 g/mol. The first-order valence-electron chi connectivity index (χ1n) is 5.60. The van der Waals surface area contributed by atoms with E-state index in [2.05, 4.69) is 4.98 Å². The molecular formula is C12H17ClN2O3. The van der Waals surface area contributed by atoms with Crippen molar-refractivity contribution in [2.45, 2.75) is 26.4 Å². The van der Waals surface area contributed by atoms with Crippen molar-refractivity contribution in [3.8, 4) is 0 Å². The molecule has 1 heterocycles. The van der Waals surface area contributed by atoms with Gasteiger partial charge in [0.15, 0.2) is 0 Å². The van der Waals surface area contributed by atoms with Gasteiger partial charge in [0.1, 0.15) is 5.82 Å². The molecule has 18 heavy (non-hydrogen) atoms. The molecule has 1 aromatic heterocycles. The summed E-state index contributed by atoms with van der Waals surface area (Å²) in [5, 5.41) is 18.9. The number of aromatic carboxylic acids is 1. The predicted octanol–water partition coefficient (Wildman–Crippen LogP) is 2.03. The molecule has 5 nitrogen and oxygen atoms in total. The van der Waals surface area contributed by atoms with Crippen LogP contribution in [-0.2, 0) is 0 Å². The standard InChI is InChI=1S/C12H17ClN2O3/c1-4-15(7-12(2,3)18)10-9(13)5-8(6-14-10)11(16)17/h5-6,18H,4,7H2,1-3H3,(H,16,17). The van der Waals surface area contributed by atoms with Crippen molar-refractivity contribution in [3.05, 3.63) is 22.8 Å². The first-order valence-corrected chi connectivity index (χ1v) is 5.98. The molecule has 0 spiro atoms. The number of rotatable bonds is 5. The van der Waals surface area contributed by atoms with Crippen LogP contribution in [0.3, 0.4) is 0 Å². The molecule has 0 atom stereocenters. The molecule has 1 aromatic rings. The summed E-state index contributed by atoms with van der Waals surface area (Å²) in [6, 6.07) is 1.36. The van der Waals surface area contributed by atoms with Crippen LogP contribution in [0.15, 0.2) is 12.3 Å². The highest BCUT2D eigenvalue weighted by Gasteiger charge is 2.20. The summed E-state index contributed by atoms with van der Waals surface area (Å²) in [4.78, 5) is 16.6. The summed E-state index contributed by atoms with van der Waals surface area (Å²) in [5.41, 5.74) is -0.838. The molecule has 0 aromatic carbocycles. The van der Waals surface area contributed by atoms with E-state index in [1.807, 2.05) is 6.92 Å². The molecule has 0 unspecified atom stereocenters. The molecule has 0 bridgehead atoms. The van der Waals surface area contributed by atoms with Crippen LogP contribution in [0.4, 0.5) is 5.82 Å². The summed E-state index contributed by atoms with van der Waals surface area (Å²) in [6.45, 7) is 6.27. The van der Waals surface area contributed by atoms with Crippen molar-refractivity contribution in [2.75, 3.05) is 18.0 Å². The van der Waals surface area contributed by atoms with Gasteiger partial charge in [0.05, 0.1) is 16.2 Å². The van der Waals surface area contributed by atoms with Gasteiger partial charge in [-0.05, 0) is 26.8 Å². The number of carboxylic acid groups (broad SMARTS) is 1. The third kappa shape index (κ3) is 3.85. The van der Waals surface area contributed by atoms with Gasteiger partial charge in [-0.3, -0.25) is 0 Å². The van der Waals surface area contributed by atoms with Crippen LogP contribution in [-0.4, -0.2) is 39.9 Å². The normalized spacial score (nSPS) is 11.4. The van der Waals surface area contributed by atoms with Crippen LogP contribution in [0.1, 0.15) is 31.1 Å². The second-order valence-corrected chi connectivity index (χ2v) is 5.07. The molecule has 0 aliphatic carbocycles. The SMILES string of the molecule is CCN(CC(C)(C)O)c1ncc(C(=O)O)cc1Cl. The lowest BCUT2D eigenvalue weighted by molar-refractivity contribution is 0.0695. The summed E-state index contributed by atoms with van der Waals surface area (Å²) in [6.07, 6.45) is 1.26. The van der Waals surface area contributed by atoms with Crippen molar-refractivity contribution in [3.63, 3.8) is 0 Å². The summed E-state index contributed by atoms with van der Waals surface area (Å²) >= 11 is 6.03. The largest absolute Gasteiger partial charge is 0.478 e. The van der Waals surface area contributed by atoms with E-state index in [1.165, 1.54) is 12.3 Å². The maximum Gasteiger partial charge on any atom is 0.337 e. The minimum Gasteiger partial charge on any atom is -0.478 e. The van der Waals surface area contributed by atoms with Crippen LogP contribution in [0.5, 0.6) is 0 Å². The first-order chi connectivity index (χ1) is 8.24. The van der Waals surface area contributed by atoms with Crippen LogP contribution >= 0.6 is 11.6 Å². The van der Waals surface area contributed by atoms with E-state index in [0.717, 1.165) is 0 Å². The van der Waals surface area contributed by atoms with Gasteiger partial charge in [-0.25, -0.2) is 9.78 Å². The molecule has 0 aliphatic rings. The highest BCUT2D eigenvalue weighted by molar-refractivity contribution is 6.33. The lowest BCUT2D eigenvalue weighted by atomic mass is 10.1. The van der Waals surface area contributed by atoms with Crippen molar-refractivity contribution in [2.24, 2.45) is 0 Å². The number of nitrogens with zero attached hydrogens (tertiary/aromatic N) is 2. The minimum atomic E-state index is -1.07. The third-order valence-electron chi connectivity index (χ3n) is 2.33.